The Morgan fingerprint density at radius 3 is 2.30 bits per heavy atom. The lowest BCUT2D eigenvalue weighted by molar-refractivity contribution is -0.132. The average molecular weight is 452 g/mol. The van der Waals surface area contributed by atoms with Crippen LogP contribution in [0, 0.1) is 0 Å². The maximum Gasteiger partial charge on any atom is 0.260 e. The number of likely N-dealkylation sites (tertiary alicyclic amines) is 1. The highest BCUT2D eigenvalue weighted by Crippen LogP contribution is 2.28. The number of nitrogens with zero attached hydrogens (tertiary/aromatic N) is 2. The van der Waals surface area contributed by atoms with Crippen LogP contribution in [0.4, 0.5) is 5.69 Å². The molecule has 6 nitrogen and oxygen atoms in total. The minimum absolute atomic E-state index is 0.0157. The number of nitrogens with one attached hydrogen (secondary N) is 1. The quantitative estimate of drug-likeness (QED) is 0.563. The van der Waals surface area contributed by atoms with Gasteiger partial charge in [0.15, 0.2) is 6.61 Å². The van der Waals surface area contributed by atoms with Crippen molar-refractivity contribution in [1.29, 1.82) is 0 Å². The Balaban J connectivity index is 1.68. The smallest absolute Gasteiger partial charge is 0.260 e. The molecule has 1 fully saturated rings. The van der Waals surface area contributed by atoms with E-state index in [9.17, 15) is 9.59 Å². The topological polar surface area (TPSA) is 61.9 Å². The Morgan fingerprint density at radius 2 is 1.70 bits per heavy atom. The zero-order chi connectivity index (χ0) is 23.8. The Kier molecular flexibility index (Phi) is 8.75. The van der Waals surface area contributed by atoms with Gasteiger partial charge < -0.3 is 19.9 Å². The number of hydrogen-bond acceptors (Lipinski definition) is 4. The van der Waals surface area contributed by atoms with Crippen LogP contribution in [-0.2, 0) is 4.79 Å². The van der Waals surface area contributed by atoms with Gasteiger partial charge in [-0.15, -0.1) is 0 Å². The molecule has 2 aromatic carbocycles. The van der Waals surface area contributed by atoms with Crippen LogP contribution in [0.1, 0.15) is 68.9 Å². The van der Waals surface area contributed by atoms with Crippen molar-refractivity contribution in [2.45, 2.75) is 59.0 Å². The Morgan fingerprint density at radius 1 is 1.03 bits per heavy atom. The van der Waals surface area contributed by atoms with Gasteiger partial charge >= 0.3 is 0 Å². The van der Waals surface area contributed by atoms with Crippen molar-refractivity contribution in [3.8, 4) is 5.75 Å². The Hall–Kier alpha value is -3.02. The molecule has 1 unspecified atom stereocenters. The summed E-state index contributed by atoms with van der Waals surface area (Å²) in [6.45, 7) is 11.0. The van der Waals surface area contributed by atoms with E-state index in [1.807, 2.05) is 60.4 Å². The second-order valence-corrected chi connectivity index (χ2v) is 8.78. The summed E-state index contributed by atoms with van der Waals surface area (Å²) >= 11 is 0. The van der Waals surface area contributed by atoms with Crippen molar-refractivity contribution in [2.75, 3.05) is 31.1 Å². The van der Waals surface area contributed by atoms with Crippen LogP contribution >= 0.6 is 0 Å². The fourth-order valence-electron chi connectivity index (χ4n) is 4.39. The van der Waals surface area contributed by atoms with E-state index in [2.05, 4.69) is 31.0 Å². The van der Waals surface area contributed by atoms with E-state index < -0.39 is 0 Å². The van der Waals surface area contributed by atoms with E-state index >= 15 is 0 Å². The van der Waals surface area contributed by atoms with Crippen LogP contribution in [0.5, 0.6) is 5.75 Å². The van der Waals surface area contributed by atoms with E-state index in [4.69, 9.17) is 4.74 Å². The molecule has 1 heterocycles. The Labute approximate surface area is 197 Å². The van der Waals surface area contributed by atoms with Crippen LogP contribution in [0.2, 0.25) is 0 Å². The molecule has 1 aliphatic rings. The molecular weight excluding hydrogens is 414 g/mol. The van der Waals surface area contributed by atoms with Gasteiger partial charge in [-0.05, 0) is 70.4 Å². The SMILES string of the molecule is CCC(NC(=O)c1ccc(N(CC)C(C)C)cc1)c1ccccc1OCC(=O)N1CCCC1. The van der Waals surface area contributed by atoms with E-state index in [1.54, 1.807) is 0 Å². The minimum atomic E-state index is -0.210. The van der Waals surface area contributed by atoms with E-state index in [0.29, 0.717) is 23.8 Å². The van der Waals surface area contributed by atoms with Gasteiger partial charge in [-0.1, -0.05) is 25.1 Å². The molecule has 0 radical (unpaired) electrons. The number of benzene rings is 2. The summed E-state index contributed by atoms with van der Waals surface area (Å²) in [5.41, 5.74) is 2.62. The molecule has 1 atom stereocenters. The van der Waals surface area contributed by atoms with Crippen molar-refractivity contribution in [3.05, 3.63) is 59.7 Å². The molecule has 6 heteroatoms. The number of carbonyl (C=O) groups excluding carboxylic acids is 2. The van der Waals surface area contributed by atoms with Gasteiger partial charge in [0.25, 0.3) is 11.8 Å². The van der Waals surface area contributed by atoms with Crippen molar-refractivity contribution in [2.24, 2.45) is 0 Å². The van der Waals surface area contributed by atoms with Gasteiger partial charge in [0, 0.05) is 42.5 Å². The predicted octanol–water partition coefficient (Wildman–Crippen LogP) is 4.80. The largest absolute Gasteiger partial charge is 0.483 e. The number of ether oxygens (including phenoxy) is 1. The molecule has 33 heavy (non-hydrogen) atoms. The molecule has 3 rings (SSSR count). The second-order valence-electron chi connectivity index (χ2n) is 8.78. The summed E-state index contributed by atoms with van der Waals surface area (Å²) in [4.78, 5) is 29.5. The molecule has 1 N–H and O–H groups in total. The molecule has 0 bridgehead atoms. The summed E-state index contributed by atoms with van der Waals surface area (Å²) in [5.74, 6) is 0.536. The van der Waals surface area contributed by atoms with Crippen molar-refractivity contribution in [1.82, 2.24) is 10.2 Å². The highest BCUT2D eigenvalue weighted by molar-refractivity contribution is 5.94. The highest BCUT2D eigenvalue weighted by Gasteiger charge is 2.21. The maximum atomic E-state index is 13.0. The summed E-state index contributed by atoms with van der Waals surface area (Å²) in [6, 6.07) is 15.6. The molecule has 0 aliphatic carbocycles. The minimum Gasteiger partial charge on any atom is -0.483 e. The lowest BCUT2D eigenvalue weighted by atomic mass is 10.0. The predicted molar refractivity (Wildman–Crippen MR) is 133 cm³/mol. The number of para-hydroxylation sites is 1. The van der Waals surface area contributed by atoms with Crippen LogP contribution in [0.15, 0.2) is 48.5 Å². The van der Waals surface area contributed by atoms with Gasteiger partial charge in [-0.3, -0.25) is 9.59 Å². The number of hydrogen-bond donors (Lipinski definition) is 1. The normalized spacial score (nSPS) is 14.3. The van der Waals surface area contributed by atoms with Crippen LogP contribution in [-0.4, -0.2) is 49.0 Å². The van der Waals surface area contributed by atoms with Gasteiger partial charge in [0.05, 0.1) is 6.04 Å². The zero-order valence-electron chi connectivity index (χ0n) is 20.3. The van der Waals surface area contributed by atoms with Crippen molar-refractivity contribution < 1.29 is 14.3 Å². The van der Waals surface area contributed by atoms with Crippen LogP contribution in [0.3, 0.4) is 0 Å². The first-order chi connectivity index (χ1) is 15.9. The van der Waals surface area contributed by atoms with Crippen molar-refractivity contribution in [3.63, 3.8) is 0 Å². The number of carbonyl (C=O) groups is 2. The standard InChI is InChI=1S/C27H37N3O3/c1-5-24(28-27(32)21-13-15-22(16-14-21)30(6-2)20(3)4)23-11-7-8-12-25(23)33-19-26(31)29-17-9-10-18-29/h7-8,11-16,20,24H,5-6,9-10,17-19H2,1-4H3,(H,28,32). The molecule has 1 aliphatic heterocycles. The number of rotatable bonds is 10. The number of amides is 2. The zero-order valence-corrected chi connectivity index (χ0v) is 20.3. The first kappa shape index (κ1) is 24.6. The molecule has 0 aromatic heterocycles. The molecule has 0 spiro atoms. The van der Waals surface area contributed by atoms with Crippen LogP contribution < -0.4 is 15.0 Å². The molecule has 1 saturated heterocycles. The summed E-state index contributed by atoms with van der Waals surface area (Å²) in [6.07, 6.45) is 2.82. The molecule has 2 aromatic rings. The molecule has 178 valence electrons. The second kappa shape index (κ2) is 11.7. The molecule has 0 saturated carbocycles. The maximum absolute atomic E-state index is 13.0. The third-order valence-electron chi connectivity index (χ3n) is 6.24. The van der Waals surface area contributed by atoms with E-state index in [1.165, 1.54) is 0 Å². The first-order valence-electron chi connectivity index (χ1n) is 12.1. The molecule has 2 amide bonds. The lowest BCUT2D eigenvalue weighted by Gasteiger charge is -2.27. The Bertz CT molecular complexity index is 920. The molecular formula is C27H37N3O3. The third-order valence-corrected chi connectivity index (χ3v) is 6.24. The lowest BCUT2D eigenvalue weighted by Crippen LogP contribution is -2.33. The third kappa shape index (κ3) is 6.28. The van der Waals surface area contributed by atoms with Gasteiger partial charge in [-0.25, -0.2) is 0 Å². The number of anilines is 1. The fourth-order valence-corrected chi connectivity index (χ4v) is 4.39. The fraction of sp³-hybridized carbons (Fsp3) is 0.481. The average Bonchev–Trinajstić information content (AvgIpc) is 3.37. The van der Waals surface area contributed by atoms with E-state index in [-0.39, 0.29) is 24.5 Å². The van der Waals surface area contributed by atoms with Gasteiger partial charge in [-0.2, -0.15) is 0 Å². The van der Waals surface area contributed by atoms with Gasteiger partial charge in [0.2, 0.25) is 0 Å². The van der Waals surface area contributed by atoms with Gasteiger partial charge in [0.1, 0.15) is 5.75 Å². The summed E-state index contributed by atoms with van der Waals surface area (Å²) in [5, 5.41) is 3.14. The van der Waals surface area contributed by atoms with E-state index in [0.717, 1.165) is 43.7 Å². The summed E-state index contributed by atoms with van der Waals surface area (Å²) in [7, 11) is 0. The van der Waals surface area contributed by atoms with Crippen LogP contribution in [0.25, 0.3) is 0 Å². The highest BCUT2D eigenvalue weighted by atomic mass is 16.5. The van der Waals surface area contributed by atoms with Crippen molar-refractivity contribution >= 4 is 17.5 Å². The summed E-state index contributed by atoms with van der Waals surface area (Å²) < 4.78 is 5.91. The monoisotopic (exact) mass is 451 g/mol. The first-order valence-corrected chi connectivity index (χ1v) is 12.1.